The van der Waals surface area contributed by atoms with Gasteiger partial charge in [0.15, 0.2) is 0 Å². The van der Waals surface area contributed by atoms with Crippen LogP contribution in [0.4, 0.5) is 17.2 Å². The number of aliphatic hydroxyl groups is 1. The molecule has 2 aromatic carbocycles. The number of ether oxygens (including phenoxy) is 1. The van der Waals surface area contributed by atoms with E-state index in [9.17, 15) is 9.90 Å². The minimum absolute atomic E-state index is 0.177. The van der Waals surface area contributed by atoms with Gasteiger partial charge in [-0.05, 0) is 54.8 Å². The SMILES string of the molecule is O=C(Nc1ccccc1N1CCOCC1)c1ccnc(N2CCC(O)(c3ccc(Cl)cc3)CC2)c1. The predicted molar refractivity (Wildman–Crippen MR) is 138 cm³/mol. The summed E-state index contributed by atoms with van der Waals surface area (Å²) < 4.78 is 5.46. The van der Waals surface area contributed by atoms with Crippen molar-refractivity contribution in [2.45, 2.75) is 18.4 Å². The van der Waals surface area contributed by atoms with Crippen molar-refractivity contribution in [2.24, 2.45) is 0 Å². The molecule has 2 aliphatic heterocycles. The molecule has 3 heterocycles. The minimum Gasteiger partial charge on any atom is -0.385 e. The molecule has 8 heteroatoms. The zero-order valence-electron chi connectivity index (χ0n) is 19.5. The molecule has 0 saturated carbocycles. The molecule has 2 saturated heterocycles. The molecule has 0 spiro atoms. The van der Waals surface area contributed by atoms with Gasteiger partial charge in [-0.25, -0.2) is 4.98 Å². The molecule has 2 N–H and O–H groups in total. The second-order valence-corrected chi connectivity index (χ2v) is 9.44. The maximum absolute atomic E-state index is 13.1. The third-order valence-corrected chi connectivity index (χ3v) is 7.06. The number of carbonyl (C=O) groups excluding carboxylic acids is 1. The first-order valence-electron chi connectivity index (χ1n) is 11.9. The second kappa shape index (κ2) is 10.2. The summed E-state index contributed by atoms with van der Waals surface area (Å²) >= 11 is 6.00. The fourth-order valence-corrected chi connectivity index (χ4v) is 4.87. The Balaban J connectivity index is 1.27. The van der Waals surface area contributed by atoms with Crippen LogP contribution in [0.1, 0.15) is 28.8 Å². The molecule has 35 heavy (non-hydrogen) atoms. The number of pyridine rings is 1. The van der Waals surface area contributed by atoms with Crippen LogP contribution in [0.3, 0.4) is 0 Å². The summed E-state index contributed by atoms with van der Waals surface area (Å²) in [6.45, 7) is 4.22. The molecule has 0 unspecified atom stereocenters. The Hall–Kier alpha value is -3.13. The van der Waals surface area contributed by atoms with Crippen LogP contribution in [-0.2, 0) is 10.3 Å². The number of hydrogen-bond donors (Lipinski definition) is 2. The van der Waals surface area contributed by atoms with E-state index >= 15 is 0 Å². The van der Waals surface area contributed by atoms with Gasteiger partial charge in [0.2, 0.25) is 0 Å². The highest BCUT2D eigenvalue weighted by Gasteiger charge is 2.34. The van der Waals surface area contributed by atoms with Gasteiger partial charge >= 0.3 is 0 Å². The number of aromatic nitrogens is 1. The van der Waals surface area contributed by atoms with Crippen molar-refractivity contribution in [3.63, 3.8) is 0 Å². The van der Waals surface area contributed by atoms with E-state index in [2.05, 4.69) is 20.1 Å². The molecule has 182 valence electrons. The van der Waals surface area contributed by atoms with Gasteiger partial charge in [0, 0.05) is 43.0 Å². The number of rotatable bonds is 5. The monoisotopic (exact) mass is 492 g/mol. The number of nitrogens with one attached hydrogen (secondary N) is 1. The first-order chi connectivity index (χ1) is 17.0. The van der Waals surface area contributed by atoms with Crippen LogP contribution in [0.15, 0.2) is 66.9 Å². The first-order valence-corrected chi connectivity index (χ1v) is 12.3. The molecule has 0 radical (unpaired) electrons. The average Bonchev–Trinajstić information content (AvgIpc) is 2.90. The Morgan fingerprint density at radius 2 is 1.69 bits per heavy atom. The molecular weight excluding hydrogens is 464 g/mol. The van der Waals surface area contributed by atoms with Gasteiger partial charge in [0.05, 0.1) is 30.2 Å². The van der Waals surface area contributed by atoms with Crippen molar-refractivity contribution < 1.29 is 14.6 Å². The lowest BCUT2D eigenvalue weighted by atomic mass is 9.84. The molecule has 0 atom stereocenters. The standard InChI is InChI=1S/C27H29ClN4O3/c28-22-7-5-21(6-8-22)27(34)10-13-32(14-11-27)25-19-20(9-12-29-25)26(33)30-23-3-1-2-4-24(23)31-15-17-35-18-16-31/h1-9,12,19,34H,10-11,13-18H2,(H,30,33). The first kappa shape index (κ1) is 23.6. The van der Waals surface area contributed by atoms with E-state index in [4.69, 9.17) is 16.3 Å². The number of hydrogen-bond acceptors (Lipinski definition) is 6. The zero-order valence-corrected chi connectivity index (χ0v) is 20.2. The highest BCUT2D eigenvalue weighted by molar-refractivity contribution is 6.30. The van der Waals surface area contributed by atoms with Crippen molar-refractivity contribution >= 4 is 34.7 Å². The predicted octanol–water partition coefficient (Wildman–Crippen LogP) is 4.31. The number of benzene rings is 2. The van der Waals surface area contributed by atoms with Crippen molar-refractivity contribution in [2.75, 3.05) is 54.5 Å². The summed E-state index contributed by atoms with van der Waals surface area (Å²) in [7, 11) is 0. The van der Waals surface area contributed by atoms with Crippen LogP contribution in [0.25, 0.3) is 0 Å². The van der Waals surface area contributed by atoms with E-state index in [1.165, 1.54) is 0 Å². The minimum atomic E-state index is -0.890. The lowest BCUT2D eigenvalue weighted by Gasteiger charge is -2.39. The average molecular weight is 493 g/mol. The van der Waals surface area contributed by atoms with Crippen LogP contribution in [0, 0.1) is 0 Å². The van der Waals surface area contributed by atoms with E-state index in [0.717, 1.165) is 35.8 Å². The van der Waals surface area contributed by atoms with Gasteiger partial charge in [-0.15, -0.1) is 0 Å². The maximum Gasteiger partial charge on any atom is 0.255 e. The summed E-state index contributed by atoms with van der Waals surface area (Å²) in [5, 5.41) is 14.9. The van der Waals surface area contributed by atoms with E-state index in [0.29, 0.717) is 49.7 Å². The van der Waals surface area contributed by atoms with E-state index in [1.54, 1.807) is 12.3 Å². The second-order valence-electron chi connectivity index (χ2n) is 9.00. The molecule has 0 aliphatic carbocycles. The van der Waals surface area contributed by atoms with Gasteiger partial charge in [-0.1, -0.05) is 35.9 Å². The summed E-state index contributed by atoms with van der Waals surface area (Å²) in [6, 6.07) is 18.8. The molecule has 0 bridgehead atoms. The molecule has 3 aromatic rings. The van der Waals surface area contributed by atoms with Crippen molar-refractivity contribution in [1.29, 1.82) is 0 Å². The normalized spacial score (nSPS) is 17.8. The fourth-order valence-electron chi connectivity index (χ4n) is 4.74. The lowest BCUT2D eigenvalue weighted by molar-refractivity contribution is 0.0116. The molecular formula is C27H29ClN4O3. The van der Waals surface area contributed by atoms with Crippen molar-refractivity contribution in [1.82, 2.24) is 4.98 Å². The number of carbonyl (C=O) groups is 1. The van der Waals surface area contributed by atoms with Crippen LogP contribution < -0.4 is 15.1 Å². The molecule has 7 nitrogen and oxygen atoms in total. The summed E-state index contributed by atoms with van der Waals surface area (Å²) in [5.41, 5.74) is 2.31. The van der Waals surface area contributed by atoms with Crippen molar-refractivity contribution in [3.05, 3.63) is 83.0 Å². The molecule has 1 amide bonds. The molecule has 5 rings (SSSR count). The number of piperidine rings is 1. The smallest absolute Gasteiger partial charge is 0.255 e. The quantitative estimate of drug-likeness (QED) is 0.552. The highest BCUT2D eigenvalue weighted by Crippen LogP contribution is 2.35. The topological polar surface area (TPSA) is 77.9 Å². The Morgan fingerprint density at radius 1 is 0.971 bits per heavy atom. The fraction of sp³-hybridized carbons (Fsp3) is 0.333. The Kier molecular flexibility index (Phi) is 6.90. The third-order valence-electron chi connectivity index (χ3n) is 6.81. The zero-order chi connectivity index (χ0) is 24.3. The Morgan fingerprint density at radius 3 is 2.43 bits per heavy atom. The number of morpholine rings is 1. The largest absolute Gasteiger partial charge is 0.385 e. The number of nitrogens with zero attached hydrogens (tertiary/aromatic N) is 3. The van der Waals surface area contributed by atoms with E-state index in [-0.39, 0.29) is 5.91 Å². The lowest BCUT2D eigenvalue weighted by Crippen LogP contribution is -2.43. The van der Waals surface area contributed by atoms with E-state index < -0.39 is 5.60 Å². The van der Waals surface area contributed by atoms with Crippen LogP contribution in [0.5, 0.6) is 0 Å². The van der Waals surface area contributed by atoms with Crippen LogP contribution in [-0.4, -0.2) is 55.4 Å². The van der Waals surface area contributed by atoms with Gasteiger partial charge in [0.25, 0.3) is 5.91 Å². The van der Waals surface area contributed by atoms with Gasteiger partial charge in [0.1, 0.15) is 5.82 Å². The summed E-state index contributed by atoms with van der Waals surface area (Å²) in [6.07, 6.45) is 2.80. The highest BCUT2D eigenvalue weighted by atomic mass is 35.5. The summed E-state index contributed by atoms with van der Waals surface area (Å²) in [5.74, 6) is 0.557. The third kappa shape index (κ3) is 5.27. The van der Waals surface area contributed by atoms with Gasteiger partial charge in [-0.3, -0.25) is 4.79 Å². The van der Waals surface area contributed by atoms with Crippen molar-refractivity contribution in [3.8, 4) is 0 Å². The molecule has 1 aromatic heterocycles. The number of para-hydroxylation sites is 2. The maximum atomic E-state index is 13.1. The van der Waals surface area contributed by atoms with Gasteiger partial charge in [-0.2, -0.15) is 0 Å². The number of halogens is 1. The number of anilines is 3. The Bertz CT molecular complexity index is 1170. The Labute approximate surface area is 210 Å². The van der Waals surface area contributed by atoms with Crippen LogP contribution in [0.2, 0.25) is 5.02 Å². The van der Waals surface area contributed by atoms with E-state index in [1.807, 2.05) is 54.6 Å². The number of amides is 1. The van der Waals surface area contributed by atoms with Crippen LogP contribution >= 0.6 is 11.6 Å². The molecule has 2 fully saturated rings. The summed E-state index contributed by atoms with van der Waals surface area (Å²) in [4.78, 5) is 22.0. The van der Waals surface area contributed by atoms with Gasteiger partial charge < -0.3 is 25.0 Å². The molecule has 2 aliphatic rings.